The minimum absolute atomic E-state index is 0.485. The van der Waals surface area contributed by atoms with E-state index in [0.29, 0.717) is 23.1 Å². The normalized spacial score (nSPS) is 20.8. The molecule has 3 heterocycles. The highest BCUT2D eigenvalue weighted by Crippen LogP contribution is 2.33. The average Bonchev–Trinajstić information content (AvgIpc) is 3.29. The van der Waals surface area contributed by atoms with Gasteiger partial charge in [-0.3, -0.25) is 4.98 Å². The van der Waals surface area contributed by atoms with E-state index in [9.17, 15) is 26.3 Å². The van der Waals surface area contributed by atoms with Gasteiger partial charge in [0.1, 0.15) is 0 Å². The molecule has 0 radical (unpaired) electrons. The minimum atomic E-state index is -5.08. The van der Waals surface area contributed by atoms with Crippen LogP contribution in [-0.2, 0) is 11.0 Å². The van der Waals surface area contributed by atoms with E-state index in [4.69, 9.17) is 9.90 Å². The number of fused-ring (bicyclic) bond motifs is 1. The van der Waals surface area contributed by atoms with E-state index in [1.165, 1.54) is 6.07 Å². The van der Waals surface area contributed by atoms with Crippen molar-refractivity contribution in [2.24, 2.45) is 11.8 Å². The fraction of sp³-hybridized carbons (Fsp3) is 0.400. The summed E-state index contributed by atoms with van der Waals surface area (Å²) in [7, 11) is 0. The van der Waals surface area contributed by atoms with Crippen molar-refractivity contribution in [3.8, 4) is 11.3 Å². The monoisotopic (exact) mass is 447 g/mol. The molecule has 2 atom stereocenters. The zero-order valence-electron chi connectivity index (χ0n) is 16.0. The molecular formula is C20H19F6N3O2. The smallest absolute Gasteiger partial charge is 0.475 e. The van der Waals surface area contributed by atoms with E-state index < -0.39 is 23.9 Å². The Morgan fingerprint density at radius 3 is 2.13 bits per heavy atom. The third kappa shape index (κ3) is 5.66. The Hall–Kier alpha value is -2.82. The Morgan fingerprint density at radius 2 is 1.65 bits per heavy atom. The second-order valence-corrected chi connectivity index (χ2v) is 7.37. The maximum atomic E-state index is 12.8. The molecule has 0 spiro atoms. The van der Waals surface area contributed by atoms with E-state index >= 15 is 0 Å². The first-order chi connectivity index (χ1) is 14.4. The summed E-state index contributed by atoms with van der Waals surface area (Å²) in [4.78, 5) is 15.6. The molecule has 11 heteroatoms. The van der Waals surface area contributed by atoms with Gasteiger partial charge < -0.3 is 15.3 Å². The van der Waals surface area contributed by atoms with Crippen LogP contribution in [0.5, 0.6) is 0 Å². The van der Waals surface area contributed by atoms with Gasteiger partial charge in [0, 0.05) is 31.7 Å². The van der Waals surface area contributed by atoms with E-state index in [-0.39, 0.29) is 0 Å². The standard InChI is InChI=1S/C18H18F3N3.C2HF3O2/c19-18(20,21)15-3-1-2-12(6-15)17-5-4-16(9-23-17)24-10-13-7-22-8-14(13)11-24;3-2(4,5)1(6)7/h1-6,9,13-14,22H,7-8,10-11H2;(H,6,7). The first-order valence-electron chi connectivity index (χ1n) is 9.34. The number of carboxylic acids is 1. The third-order valence-corrected chi connectivity index (χ3v) is 5.23. The van der Waals surface area contributed by atoms with Crippen LogP contribution in [0, 0.1) is 11.8 Å². The number of anilines is 1. The Kier molecular flexibility index (Phi) is 6.44. The summed E-state index contributed by atoms with van der Waals surface area (Å²) in [6, 6.07) is 9.06. The van der Waals surface area contributed by atoms with Crippen molar-refractivity contribution in [2.45, 2.75) is 12.4 Å². The molecule has 0 saturated carbocycles. The molecule has 2 N–H and O–H groups in total. The number of aliphatic carboxylic acids is 1. The Morgan fingerprint density at radius 1 is 1.03 bits per heavy atom. The van der Waals surface area contributed by atoms with E-state index in [1.54, 1.807) is 18.3 Å². The number of carboxylic acid groups (broad SMARTS) is 1. The zero-order valence-corrected chi connectivity index (χ0v) is 16.0. The SMILES string of the molecule is FC(F)(F)c1cccc(-c2ccc(N3CC4CNCC4C3)cn2)c1.O=C(O)C(F)(F)F. The Labute approximate surface area is 173 Å². The van der Waals surface area contributed by atoms with Gasteiger partial charge in [-0.15, -0.1) is 0 Å². The first-order valence-corrected chi connectivity index (χ1v) is 9.34. The van der Waals surface area contributed by atoms with Crippen LogP contribution >= 0.6 is 0 Å². The number of rotatable bonds is 2. The summed E-state index contributed by atoms with van der Waals surface area (Å²) in [5, 5.41) is 10.5. The van der Waals surface area contributed by atoms with Gasteiger partial charge in [-0.1, -0.05) is 12.1 Å². The van der Waals surface area contributed by atoms with Gasteiger partial charge >= 0.3 is 18.3 Å². The number of pyridine rings is 1. The van der Waals surface area contributed by atoms with Gasteiger partial charge in [-0.2, -0.15) is 26.3 Å². The maximum Gasteiger partial charge on any atom is 0.490 e. The molecule has 5 nitrogen and oxygen atoms in total. The van der Waals surface area contributed by atoms with Crippen molar-refractivity contribution in [3.63, 3.8) is 0 Å². The highest BCUT2D eigenvalue weighted by molar-refractivity contribution is 5.73. The summed E-state index contributed by atoms with van der Waals surface area (Å²) < 4.78 is 70.2. The van der Waals surface area contributed by atoms with Crippen molar-refractivity contribution in [1.82, 2.24) is 10.3 Å². The number of carbonyl (C=O) groups is 1. The highest BCUT2D eigenvalue weighted by atomic mass is 19.4. The number of nitrogens with one attached hydrogen (secondary N) is 1. The molecule has 2 fully saturated rings. The lowest BCUT2D eigenvalue weighted by Gasteiger charge is -2.19. The molecule has 2 saturated heterocycles. The maximum absolute atomic E-state index is 12.8. The number of alkyl halides is 6. The van der Waals surface area contributed by atoms with Crippen LogP contribution in [-0.4, -0.2) is 48.4 Å². The Bertz CT molecular complexity index is 902. The topological polar surface area (TPSA) is 65.5 Å². The summed E-state index contributed by atoms with van der Waals surface area (Å²) in [6.45, 7) is 4.17. The zero-order chi connectivity index (χ0) is 22.8. The number of nitrogens with zero attached hydrogens (tertiary/aromatic N) is 2. The number of halogens is 6. The van der Waals surface area contributed by atoms with Crippen LogP contribution in [0.1, 0.15) is 5.56 Å². The van der Waals surface area contributed by atoms with Crippen LogP contribution in [0.25, 0.3) is 11.3 Å². The molecule has 2 aliphatic rings. The van der Waals surface area contributed by atoms with Gasteiger partial charge in [0.15, 0.2) is 0 Å². The number of aromatic nitrogens is 1. The van der Waals surface area contributed by atoms with Gasteiger partial charge in [0.05, 0.1) is 23.1 Å². The second-order valence-electron chi connectivity index (χ2n) is 7.37. The quantitative estimate of drug-likeness (QED) is 0.680. The molecule has 4 rings (SSSR count). The average molecular weight is 447 g/mol. The molecule has 2 aromatic rings. The van der Waals surface area contributed by atoms with Crippen molar-refractivity contribution in [2.75, 3.05) is 31.1 Å². The van der Waals surface area contributed by atoms with Crippen molar-refractivity contribution in [3.05, 3.63) is 48.2 Å². The molecule has 0 aliphatic carbocycles. The molecule has 1 aromatic heterocycles. The molecule has 168 valence electrons. The third-order valence-electron chi connectivity index (χ3n) is 5.23. The van der Waals surface area contributed by atoms with Crippen molar-refractivity contribution in [1.29, 1.82) is 0 Å². The Balaban J connectivity index is 0.000000339. The van der Waals surface area contributed by atoms with Gasteiger partial charge in [-0.25, -0.2) is 4.79 Å². The summed E-state index contributed by atoms with van der Waals surface area (Å²) in [6.07, 6.45) is -7.65. The van der Waals surface area contributed by atoms with Crippen LogP contribution in [0.4, 0.5) is 32.0 Å². The molecule has 31 heavy (non-hydrogen) atoms. The lowest BCUT2D eigenvalue weighted by molar-refractivity contribution is -0.192. The second kappa shape index (κ2) is 8.74. The van der Waals surface area contributed by atoms with Gasteiger partial charge in [0.25, 0.3) is 0 Å². The molecule has 0 amide bonds. The molecular weight excluding hydrogens is 428 g/mol. The molecule has 2 unspecified atom stereocenters. The molecule has 1 aromatic carbocycles. The number of benzene rings is 1. The predicted octanol–water partition coefficient (Wildman–Crippen LogP) is 4.06. The van der Waals surface area contributed by atoms with E-state index in [0.717, 1.165) is 44.0 Å². The minimum Gasteiger partial charge on any atom is -0.475 e. The van der Waals surface area contributed by atoms with Crippen LogP contribution in [0.3, 0.4) is 0 Å². The van der Waals surface area contributed by atoms with Crippen LogP contribution in [0.2, 0.25) is 0 Å². The van der Waals surface area contributed by atoms with E-state index in [1.807, 2.05) is 6.07 Å². The van der Waals surface area contributed by atoms with Crippen LogP contribution < -0.4 is 10.2 Å². The summed E-state index contributed by atoms with van der Waals surface area (Å²) in [5.41, 5.74) is 1.44. The molecule has 2 aliphatic heterocycles. The first kappa shape index (κ1) is 22.9. The van der Waals surface area contributed by atoms with Crippen molar-refractivity contribution >= 4 is 11.7 Å². The van der Waals surface area contributed by atoms with Gasteiger partial charge in [-0.05, 0) is 36.1 Å². The van der Waals surface area contributed by atoms with E-state index in [2.05, 4.69) is 15.2 Å². The largest absolute Gasteiger partial charge is 0.490 e. The van der Waals surface area contributed by atoms with Gasteiger partial charge in [0.2, 0.25) is 0 Å². The molecule has 0 bridgehead atoms. The fourth-order valence-electron chi connectivity index (χ4n) is 3.66. The lowest BCUT2D eigenvalue weighted by Crippen LogP contribution is -2.25. The van der Waals surface area contributed by atoms with Crippen molar-refractivity contribution < 1.29 is 36.2 Å². The predicted molar refractivity (Wildman–Crippen MR) is 100 cm³/mol. The lowest BCUT2D eigenvalue weighted by atomic mass is 10.0. The summed E-state index contributed by atoms with van der Waals surface area (Å²) in [5.74, 6) is -1.38. The number of hydrogen-bond acceptors (Lipinski definition) is 4. The summed E-state index contributed by atoms with van der Waals surface area (Å²) >= 11 is 0. The number of hydrogen-bond donors (Lipinski definition) is 2. The van der Waals surface area contributed by atoms with Crippen LogP contribution in [0.15, 0.2) is 42.6 Å². The highest BCUT2D eigenvalue weighted by Gasteiger charge is 2.38. The fourth-order valence-corrected chi connectivity index (χ4v) is 3.66.